The molecular formula is C16H11N5O4. The van der Waals surface area contributed by atoms with Crippen LogP contribution >= 0.6 is 0 Å². The van der Waals surface area contributed by atoms with E-state index in [1.807, 2.05) is 30.3 Å². The first-order valence-electron chi connectivity index (χ1n) is 7.36. The highest BCUT2D eigenvalue weighted by atomic mass is 16.6. The molecule has 0 fully saturated rings. The summed E-state index contributed by atoms with van der Waals surface area (Å²) in [5.74, 6) is 0.440. The molecule has 2 heterocycles. The molecule has 0 saturated heterocycles. The lowest BCUT2D eigenvalue weighted by atomic mass is 10.2. The van der Waals surface area contributed by atoms with Gasteiger partial charge in [-0.3, -0.25) is 14.9 Å². The zero-order valence-corrected chi connectivity index (χ0v) is 12.7. The molecule has 0 aliphatic heterocycles. The molecule has 1 N–H and O–H groups in total. The molecule has 0 aliphatic rings. The number of aromatic nitrogens is 4. The van der Waals surface area contributed by atoms with Crippen LogP contribution in [-0.4, -0.2) is 25.0 Å². The Labute approximate surface area is 139 Å². The van der Waals surface area contributed by atoms with E-state index in [0.717, 1.165) is 5.56 Å². The first kappa shape index (κ1) is 14.8. The second-order valence-electron chi connectivity index (χ2n) is 5.35. The van der Waals surface area contributed by atoms with Crippen molar-refractivity contribution in [1.29, 1.82) is 0 Å². The number of nitrogens with one attached hydrogen (secondary N) is 1. The molecule has 4 aromatic rings. The van der Waals surface area contributed by atoms with Crippen LogP contribution in [-0.2, 0) is 6.61 Å². The van der Waals surface area contributed by atoms with E-state index in [4.69, 9.17) is 4.74 Å². The van der Waals surface area contributed by atoms with Crippen LogP contribution in [0.25, 0.3) is 16.6 Å². The van der Waals surface area contributed by atoms with E-state index in [0.29, 0.717) is 17.9 Å². The molecule has 0 aliphatic carbocycles. The van der Waals surface area contributed by atoms with Gasteiger partial charge in [0.2, 0.25) is 0 Å². The van der Waals surface area contributed by atoms with Crippen molar-refractivity contribution in [1.82, 2.24) is 20.0 Å². The minimum atomic E-state index is -0.753. The summed E-state index contributed by atoms with van der Waals surface area (Å²) >= 11 is 0. The van der Waals surface area contributed by atoms with E-state index >= 15 is 0 Å². The summed E-state index contributed by atoms with van der Waals surface area (Å²) in [7, 11) is 0. The zero-order chi connectivity index (χ0) is 17.4. The van der Waals surface area contributed by atoms with Crippen LogP contribution in [0, 0.1) is 10.1 Å². The number of benzene rings is 2. The third kappa shape index (κ3) is 2.47. The fourth-order valence-electron chi connectivity index (χ4n) is 2.64. The third-order valence-corrected chi connectivity index (χ3v) is 3.81. The summed E-state index contributed by atoms with van der Waals surface area (Å²) in [5.41, 5.74) is -0.0674. The van der Waals surface area contributed by atoms with Crippen LogP contribution in [0.2, 0.25) is 0 Å². The van der Waals surface area contributed by atoms with Gasteiger partial charge in [0, 0.05) is 0 Å². The highest BCUT2D eigenvalue weighted by Gasteiger charge is 2.24. The van der Waals surface area contributed by atoms with Gasteiger partial charge in [0.15, 0.2) is 0 Å². The van der Waals surface area contributed by atoms with Crippen LogP contribution in [0.5, 0.6) is 5.75 Å². The number of aromatic amines is 1. The van der Waals surface area contributed by atoms with Gasteiger partial charge in [-0.15, -0.1) is 5.10 Å². The molecule has 0 bridgehead atoms. The summed E-state index contributed by atoms with van der Waals surface area (Å²) in [6, 6.07) is 14.3. The molecule has 4 rings (SSSR count). The average Bonchev–Trinajstić information content (AvgIpc) is 3.10. The second-order valence-corrected chi connectivity index (χ2v) is 5.35. The van der Waals surface area contributed by atoms with Crippen molar-refractivity contribution in [2.75, 3.05) is 0 Å². The van der Waals surface area contributed by atoms with Gasteiger partial charge in [-0.25, -0.2) is 4.52 Å². The third-order valence-electron chi connectivity index (χ3n) is 3.81. The Morgan fingerprint density at radius 1 is 1.20 bits per heavy atom. The van der Waals surface area contributed by atoms with Crippen molar-refractivity contribution >= 4 is 22.2 Å². The molecule has 0 radical (unpaired) electrons. The second kappa shape index (κ2) is 5.71. The van der Waals surface area contributed by atoms with E-state index in [2.05, 4.69) is 15.5 Å². The quantitative estimate of drug-likeness (QED) is 0.450. The first-order chi connectivity index (χ1) is 12.1. The lowest BCUT2D eigenvalue weighted by Crippen LogP contribution is -2.12. The predicted octanol–water partition coefficient (Wildman–Crippen LogP) is 2.06. The number of fused-ring (bicyclic) bond motifs is 3. The van der Waals surface area contributed by atoms with Crippen LogP contribution in [0.3, 0.4) is 0 Å². The lowest BCUT2D eigenvalue weighted by molar-refractivity contribution is -0.384. The molecular weight excluding hydrogens is 326 g/mol. The highest BCUT2D eigenvalue weighted by molar-refractivity contribution is 5.86. The monoisotopic (exact) mass is 337 g/mol. The van der Waals surface area contributed by atoms with Crippen molar-refractivity contribution in [2.45, 2.75) is 6.61 Å². The lowest BCUT2D eigenvalue weighted by Gasteiger charge is -2.08. The van der Waals surface area contributed by atoms with Gasteiger partial charge >= 0.3 is 5.69 Å². The molecule has 9 heteroatoms. The number of H-pyrrole nitrogens is 1. The maximum atomic E-state index is 12.5. The summed E-state index contributed by atoms with van der Waals surface area (Å²) in [6.07, 6.45) is 0. The van der Waals surface area contributed by atoms with Gasteiger partial charge in [0.1, 0.15) is 12.4 Å². The Morgan fingerprint density at radius 3 is 2.76 bits per heavy atom. The summed E-state index contributed by atoms with van der Waals surface area (Å²) < 4.78 is 6.99. The van der Waals surface area contributed by atoms with Crippen molar-refractivity contribution in [3.63, 3.8) is 0 Å². The van der Waals surface area contributed by atoms with Crippen molar-refractivity contribution < 1.29 is 9.66 Å². The maximum Gasteiger partial charge on any atom is 0.363 e. The van der Waals surface area contributed by atoms with Crippen molar-refractivity contribution in [3.05, 3.63) is 74.4 Å². The number of hydrogen-bond acceptors (Lipinski definition) is 6. The Morgan fingerprint density at radius 2 is 2.00 bits per heavy atom. The molecule has 2 aromatic carbocycles. The zero-order valence-electron chi connectivity index (χ0n) is 12.7. The predicted molar refractivity (Wildman–Crippen MR) is 88.5 cm³/mol. The number of ether oxygens (including phenoxy) is 1. The van der Waals surface area contributed by atoms with Crippen LogP contribution in [0.4, 0.5) is 5.69 Å². The normalized spacial score (nSPS) is 11.0. The molecule has 9 nitrogen and oxygen atoms in total. The van der Waals surface area contributed by atoms with E-state index < -0.39 is 16.0 Å². The van der Waals surface area contributed by atoms with Crippen LogP contribution in [0.1, 0.15) is 5.56 Å². The standard InChI is InChI=1S/C16H11N5O4/c22-15-12-8-11(25-9-10-4-2-1-3-5-10)6-7-13(12)20-16(17-18-19-20)14(15)21(23)24/h1-8H,9H2,(H,17,19). The van der Waals surface area contributed by atoms with Gasteiger partial charge in [0.25, 0.3) is 11.1 Å². The van der Waals surface area contributed by atoms with E-state index in [1.165, 1.54) is 10.6 Å². The van der Waals surface area contributed by atoms with Crippen molar-refractivity contribution in [2.24, 2.45) is 0 Å². The fourth-order valence-corrected chi connectivity index (χ4v) is 2.64. The molecule has 0 spiro atoms. The van der Waals surface area contributed by atoms with Gasteiger partial charge in [-0.05, 0) is 23.8 Å². The summed E-state index contributed by atoms with van der Waals surface area (Å²) in [4.78, 5) is 23.0. The number of rotatable bonds is 4. The van der Waals surface area contributed by atoms with E-state index in [-0.39, 0.29) is 11.0 Å². The fraction of sp³-hybridized carbons (Fsp3) is 0.0625. The maximum absolute atomic E-state index is 12.5. The smallest absolute Gasteiger partial charge is 0.363 e. The molecule has 0 atom stereocenters. The first-order valence-corrected chi connectivity index (χ1v) is 7.36. The van der Waals surface area contributed by atoms with Gasteiger partial charge in [0.05, 0.1) is 15.8 Å². The SMILES string of the molecule is O=c1c([N+](=O)[O-])c2nn[nH]n2c2ccc(OCc3ccccc3)cc12. The van der Waals surface area contributed by atoms with Gasteiger partial charge < -0.3 is 4.74 Å². The molecule has 0 unspecified atom stereocenters. The highest BCUT2D eigenvalue weighted by Crippen LogP contribution is 2.23. The Hall–Kier alpha value is -3.75. The van der Waals surface area contributed by atoms with Crippen LogP contribution in [0.15, 0.2) is 53.3 Å². The van der Waals surface area contributed by atoms with E-state index in [1.54, 1.807) is 12.1 Å². The summed E-state index contributed by atoms with van der Waals surface area (Å²) in [6.45, 7) is 0.323. The molecule has 0 amide bonds. The minimum Gasteiger partial charge on any atom is -0.489 e. The molecule has 25 heavy (non-hydrogen) atoms. The largest absolute Gasteiger partial charge is 0.489 e. The Balaban J connectivity index is 1.82. The number of nitro groups is 1. The topological polar surface area (TPSA) is 115 Å². The van der Waals surface area contributed by atoms with Crippen molar-refractivity contribution in [3.8, 4) is 5.75 Å². The Kier molecular flexibility index (Phi) is 3.38. The van der Waals surface area contributed by atoms with Crippen LogP contribution < -0.4 is 10.2 Å². The Bertz CT molecular complexity index is 1150. The average molecular weight is 337 g/mol. The van der Waals surface area contributed by atoms with Gasteiger partial charge in [-0.2, -0.15) is 5.21 Å². The number of nitrogens with zero attached hydrogens (tertiary/aromatic N) is 4. The van der Waals surface area contributed by atoms with Gasteiger partial charge in [-0.1, -0.05) is 35.5 Å². The van der Waals surface area contributed by atoms with E-state index in [9.17, 15) is 14.9 Å². The number of tetrazole rings is 1. The molecule has 0 saturated carbocycles. The number of pyridine rings is 1. The number of hydrogen-bond donors (Lipinski definition) is 1. The molecule has 2 aromatic heterocycles. The molecule has 124 valence electrons. The summed E-state index contributed by atoms with van der Waals surface area (Å²) in [5, 5.41) is 21.1. The minimum absolute atomic E-state index is 0.125.